The molecular formula is C27H35N5O. The molecule has 0 aliphatic carbocycles. The standard InChI is InChI=1S/C23H23N5O.2C2H6/c1-14-7-6-10-26-22(14)28-21-18-12-17(19(25-4)13-24-3)15(2)11-16(18)8-9-20(21)27(5)23(28)29;2*1-2/h6-13H,1-5H3;2*1-2H3. The van der Waals surface area contributed by atoms with Gasteiger partial charge in [0.1, 0.15) is 5.82 Å². The van der Waals surface area contributed by atoms with Gasteiger partial charge in [-0.1, -0.05) is 45.9 Å². The minimum absolute atomic E-state index is 0.115. The number of fused-ring (bicyclic) bond motifs is 3. The zero-order valence-corrected chi connectivity index (χ0v) is 21.3. The van der Waals surface area contributed by atoms with E-state index in [9.17, 15) is 4.79 Å². The summed E-state index contributed by atoms with van der Waals surface area (Å²) in [6.07, 6.45) is 3.48. The Labute approximate surface area is 196 Å². The minimum atomic E-state index is -0.115. The number of aromatic nitrogens is 3. The van der Waals surface area contributed by atoms with Crippen molar-refractivity contribution >= 4 is 33.7 Å². The SMILES string of the molecule is CC.CC.CN=CC(=NC)c1cc2c(ccc3c2n(-c2ncccc2C)c(=O)n3C)cc1C. The normalized spacial score (nSPS) is 11.4. The Hall–Kier alpha value is -3.54. The topological polar surface area (TPSA) is 64.5 Å². The van der Waals surface area contributed by atoms with Gasteiger partial charge in [-0.3, -0.25) is 14.6 Å². The predicted octanol–water partition coefficient (Wildman–Crippen LogP) is 5.67. The second-order valence-corrected chi connectivity index (χ2v) is 7.14. The van der Waals surface area contributed by atoms with Crippen molar-refractivity contribution in [3.8, 4) is 5.82 Å². The molecule has 4 rings (SSSR count). The molecule has 2 aromatic carbocycles. The molecule has 6 nitrogen and oxygen atoms in total. The number of nitrogens with zero attached hydrogens (tertiary/aromatic N) is 5. The van der Waals surface area contributed by atoms with Gasteiger partial charge in [-0.05, 0) is 48.6 Å². The summed E-state index contributed by atoms with van der Waals surface area (Å²) in [6.45, 7) is 12.0. The van der Waals surface area contributed by atoms with Gasteiger partial charge in [0.25, 0.3) is 0 Å². The summed E-state index contributed by atoms with van der Waals surface area (Å²) in [6, 6.07) is 12.1. The maximum Gasteiger partial charge on any atom is 0.334 e. The number of rotatable bonds is 3. The smallest absolute Gasteiger partial charge is 0.295 e. The van der Waals surface area contributed by atoms with Crippen molar-refractivity contribution in [1.82, 2.24) is 14.1 Å². The summed E-state index contributed by atoms with van der Waals surface area (Å²) >= 11 is 0. The molecule has 0 fully saturated rings. The molecule has 0 N–H and O–H groups in total. The van der Waals surface area contributed by atoms with Gasteiger partial charge in [0.15, 0.2) is 0 Å². The summed E-state index contributed by atoms with van der Waals surface area (Å²) < 4.78 is 3.38. The second-order valence-electron chi connectivity index (χ2n) is 7.14. The van der Waals surface area contributed by atoms with E-state index in [-0.39, 0.29) is 5.69 Å². The van der Waals surface area contributed by atoms with E-state index in [0.29, 0.717) is 5.82 Å². The number of benzene rings is 2. The van der Waals surface area contributed by atoms with Gasteiger partial charge in [-0.25, -0.2) is 14.3 Å². The van der Waals surface area contributed by atoms with Gasteiger partial charge >= 0.3 is 5.69 Å². The van der Waals surface area contributed by atoms with Gasteiger partial charge in [0.2, 0.25) is 0 Å². The molecular weight excluding hydrogens is 410 g/mol. The van der Waals surface area contributed by atoms with E-state index in [1.165, 1.54) is 0 Å². The summed E-state index contributed by atoms with van der Waals surface area (Å²) in [7, 11) is 5.29. The maximum absolute atomic E-state index is 13.2. The van der Waals surface area contributed by atoms with Crippen LogP contribution in [0.2, 0.25) is 0 Å². The van der Waals surface area contributed by atoms with Crippen molar-refractivity contribution in [1.29, 1.82) is 0 Å². The van der Waals surface area contributed by atoms with Crippen LogP contribution in [-0.2, 0) is 7.05 Å². The molecule has 174 valence electrons. The second kappa shape index (κ2) is 11.4. The van der Waals surface area contributed by atoms with Gasteiger partial charge in [-0.15, -0.1) is 0 Å². The molecule has 0 amide bonds. The first-order valence-corrected chi connectivity index (χ1v) is 11.4. The molecule has 2 heterocycles. The fourth-order valence-electron chi connectivity index (χ4n) is 3.87. The van der Waals surface area contributed by atoms with Crippen LogP contribution >= 0.6 is 0 Å². The van der Waals surface area contributed by atoms with Crippen LogP contribution in [-0.4, -0.2) is 40.1 Å². The Morgan fingerprint density at radius 2 is 1.70 bits per heavy atom. The third-order valence-corrected chi connectivity index (χ3v) is 5.34. The van der Waals surface area contributed by atoms with Crippen LogP contribution in [0.3, 0.4) is 0 Å². The third kappa shape index (κ3) is 4.65. The highest BCUT2D eigenvalue weighted by Gasteiger charge is 2.18. The number of aliphatic imine (C=N–C) groups is 2. The van der Waals surface area contributed by atoms with Crippen LogP contribution < -0.4 is 5.69 Å². The lowest BCUT2D eigenvalue weighted by molar-refractivity contribution is 0.831. The summed E-state index contributed by atoms with van der Waals surface area (Å²) in [5.41, 5.74) is 5.46. The maximum atomic E-state index is 13.2. The Morgan fingerprint density at radius 1 is 1.00 bits per heavy atom. The largest absolute Gasteiger partial charge is 0.334 e. The van der Waals surface area contributed by atoms with Crippen LogP contribution in [0, 0.1) is 13.8 Å². The molecule has 0 spiro atoms. The molecule has 2 aromatic heterocycles. The number of pyridine rings is 1. The Bertz CT molecular complexity index is 1370. The minimum Gasteiger partial charge on any atom is -0.295 e. The molecule has 0 radical (unpaired) electrons. The molecule has 6 heteroatoms. The van der Waals surface area contributed by atoms with E-state index < -0.39 is 0 Å². The van der Waals surface area contributed by atoms with E-state index >= 15 is 0 Å². The quantitative estimate of drug-likeness (QED) is 0.382. The molecule has 0 saturated heterocycles. The molecule has 0 unspecified atom stereocenters. The van der Waals surface area contributed by atoms with Crippen molar-refractivity contribution in [2.24, 2.45) is 17.0 Å². The molecule has 0 aliphatic rings. The monoisotopic (exact) mass is 445 g/mol. The number of hydrogen-bond donors (Lipinski definition) is 0. The summed E-state index contributed by atoms with van der Waals surface area (Å²) in [5, 5.41) is 2.05. The Morgan fingerprint density at radius 3 is 2.30 bits per heavy atom. The Kier molecular flexibility index (Phi) is 8.85. The van der Waals surface area contributed by atoms with E-state index in [1.54, 1.807) is 42.7 Å². The van der Waals surface area contributed by atoms with Gasteiger partial charge in [0, 0.05) is 44.5 Å². The zero-order chi connectivity index (χ0) is 24.7. The van der Waals surface area contributed by atoms with Crippen molar-refractivity contribution < 1.29 is 0 Å². The molecule has 0 saturated carbocycles. The fraction of sp³-hybridized carbons (Fsp3) is 0.333. The number of imidazole rings is 1. The van der Waals surface area contributed by atoms with Crippen LogP contribution in [0.4, 0.5) is 0 Å². The number of hydrogen-bond acceptors (Lipinski definition) is 4. The summed E-state index contributed by atoms with van der Waals surface area (Å²) in [5.74, 6) is 0.650. The highest BCUT2D eigenvalue weighted by molar-refractivity contribution is 6.39. The van der Waals surface area contributed by atoms with E-state index in [4.69, 9.17) is 0 Å². The lowest BCUT2D eigenvalue weighted by Gasteiger charge is -2.11. The molecule has 33 heavy (non-hydrogen) atoms. The van der Waals surface area contributed by atoms with Gasteiger partial charge in [0.05, 0.1) is 16.7 Å². The van der Waals surface area contributed by atoms with Crippen molar-refractivity contribution in [3.05, 3.63) is 69.8 Å². The van der Waals surface area contributed by atoms with Gasteiger partial charge in [-0.2, -0.15) is 0 Å². The van der Waals surface area contributed by atoms with Crippen LogP contribution in [0.25, 0.3) is 27.6 Å². The van der Waals surface area contributed by atoms with E-state index in [2.05, 4.69) is 40.1 Å². The van der Waals surface area contributed by atoms with E-state index in [0.717, 1.165) is 44.2 Å². The zero-order valence-electron chi connectivity index (χ0n) is 21.3. The molecule has 0 bridgehead atoms. The average molecular weight is 446 g/mol. The molecule has 0 aliphatic heterocycles. The lowest BCUT2D eigenvalue weighted by Crippen LogP contribution is -2.22. The van der Waals surface area contributed by atoms with Crippen LogP contribution in [0.1, 0.15) is 44.4 Å². The van der Waals surface area contributed by atoms with Crippen molar-refractivity contribution in [3.63, 3.8) is 0 Å². The first kappa shape index (κ1) is 25.7. The predicted molar refractivity (Wildman–Crippen MR) is 143 cm³/mol. The van der Waals surface area contributed by atoms with Crippen molar-refractivity contribution in [2.75, 3.05) is 14.1 Å². The fourth-order valence-corrected chi connectivity index (χ4v) is 3.87. The van der Waals surface area contributed by atoms with Gasteiger partial charge < -0.3 is 0 Å². The highest BCUT2D eigenvalue weighted by Crippen LogP contribution is 2.29. The first-order chi connectivity index (χ1) is 16.0. The average Bonchev–Trinajstić information content (AvgIpc) is 3.10. The number of aryl methyl sites for hydroxylation is 3. The van der Waals surface area contributed by atoms with Crippen LogP contribution in [0.15, 0.2) is 57.4 Å². The Balaban J connectivity index is 0.000000914. The van der Waals surface area contributed by atoms with Crippen molar-refractivity contribution in [2.45, 2.75) is 41.5 Å². The molecule has 0 atom stereocenters. The first-order valence-electron chi connectivity index (χ1n) is 11.4. The van der Waals surface area contributed by atoms with E-state index in [1.807, 2.05) is 52.8 Å². The molecule has 4 aromatic rings. The third-order valence-electron chi connectivity index (χ3n) is 5.34. The highest BCUT2D eigenvalue weighted by atomic mass is 16.1. The summed E-state index contributed by atoms with van der Waals surface area (Å²) in [4.78, 5) is 26.2. The van der Waals surface area contributed by atoms with Crippen LogP contribution in [0.5, 0.6) is 0 Å². The lowest BCUT2D eigenvalue weighted by atomic mass is 9.98.